The van der Waals surface area contributed by atoms with Gasteiger partial charge in [0.2, 0.25) is 0 Å². The van der Waals surface area contributed by atoms with Gasteiger partial charge in [0, 0.05) is 23.7 Å². The van der Waals surface area contributed by atoms with Crippen LogP contribution in [0.5, 0.6) is 0 Å². The van der Waals surface area contributed by atoms with Crippen molar-refractivity contribution in [1.82, 2.24) is 4.90 Å². The zero-order valence-electron chi connectivity index (χ0n) is 9.03. The number of rotatable bonds is 7. The van der Waals surface area contributed by atoms with Crippen LogP contribution in [0, 0.1) is 0 Å². The van der Waals surface area contributed by atoms with Crippen LogP contribution in [-0.4, -0.2) is 36.5 Å². The fourth-order valence-electron chi connectivity index (χ4n) is 1.23. The number of hydrogen-bond acceptors (Lipinski definition) is 3. The first-order chi connectivity index (χ1) is 6.83. The average molecular weight is 229 g/mol. The lowest BCUT2D eigenvalue weighted by Crippen LogP contribution is -2.23. The summed E-state index contributed by atoms with van der Waals surface area (Å²) in [7, 11) is 2.21. The summed E-state index contributed by atoms with van der Waals surface area (Å²) in [6, 6.07) is 4.35. The van der Waals surface area contributed by atoms with Crippen LogP contribution >= 0.6 is 23.1 Å². The highest BCUT2D eigenvalue weighted by atomic mass is 32.2. The normalized spacial score (nSPS) is 11.1. The molecule has 0 atom stereocenters. The third kappa shape index (κ3) is 5.03. The lowest BCUT2D eigenvalue weighted by Gasteiger charge is -2.15. The smallest absolute Gasteiger partial charge is 0.00694 e. The molecule has 0 N–H and O–H groups in total. The molecule has 80 valence electrons. The SMILES string of the molecule is CCSCCN(C)CCc1cccs1. The van der Waals surface area contributed by atoms with Gasteiger partial charge in [-0.15, -0.1) is 11.3 Å². The molecular formula is C11H19NS2. The minimum atomic E-state index is 1.19. The summed E-state index contributed by atoms with van der Waals surface area (Å²) in [5, 5.41) is 2.16. The number of nitrogens with zero attached hydrogens (tertiary/aromatic N) is 1. The Morgan fingerprint density at radius 2 is 2.29 bits per heavy atom. The van der Waals surface area contributed by atoms with Crippen molar-refractivity contribution in [2.24, 2.45) is 0 Å². The Labute approximate surface area is 95.5 Å². The molecule has 1 nitrogen and oxygen atoms in total. The Morgan fingerprint density at radius 3 is 2.93 bits per heavy atom. The molecular weight excluding hydrogens is 210 g/mol. The van der Waals surface area contributed by atoms with E-state index in [0.717, 1.165) is 0 Å². The van der Waals surface area contributed by atoms with Crippen molar-refractivity contribution in [2.75, 3.05) is 31.6 Å². The van der Waals surface area contributed by atoms with E-state index in [1.54, 1.807) is 0 Å². The third-order valence-corrected chi connectivity index (χ3v) is 3.96. The van der Waals surface area contributed by atoms with E-state index >= 15 is 0 Å². The maximum absolute atomic E-state index is 2.42. The minimum absolute atomic E-state index is 1.19. The third-order valence-electron chi connectivity index (χ3n) is 2.14. The topological polar surface area (TPSA) is 3.24 Å². The predicted molar refractivity (Wildman–Crippen MR) is 68.5 cm³/mol. The van der Waals surface area contributed by atoms with E-state index in [4.69, 9.17) is 0 Å². The van der Waals surface area contributed by atoms with Gasteiger partial charge in [0.15, 0.2) is 0 Å². The van der Waals surface area contributed by atoms with Crippen molar-refractivity contribution in [1.29, 1.82) is 0 Å². The van der Waals surface area contributed by atoms with E-state index in [2.05, 4.69) is 36.4 Å². The first-order valence-electron chi connectivity index (χ1n) is 5.11. The monoisotopic (exact) mass is 229 g/mol. The predicted octanol–water partition coefficient (Wildman–Crippen LogP) is 2.98. The van der Waals surface area contributed by atoms with Gasteiger partial charge < -0.3 is 4.90 Å². The van der Waals surface area contributed by atoms with E-state index in [9.17, 15) is 0 Å². The molecule has 0 spiro atoms. The second kappa shape index (κ2) is 7.32. The summed E-state index contributed by atoms with van der Waals surface area (Å²) in [5.41, 5.74) is 0. The summed E-state index contributed by atoms with van der Waals surface area (Å²) in [5.74, 6) is 2.50. The van der Waals surface area contributed by atoms with Crippen molar-refractivity contribution >= 4 is 23.1 Å². The highest BCUT2D eigenvalue weighted by Gasteiger charge is 1.99. The van der Waals surface area contributed by atoms with Crippen molar-refractivity contribution in [3.8, 4) is 0 Å². The van der Waals surface area contributed by atoms with Gasteiger partial charge in [0.1, 0.15) is 0 Å². The summed E-state index contributed by atoms with van der Waals surface area (Å²) < 4.78 is 0. The van der Waals surface area contributed by atoms with Gasteiger partial charge >= 0.3 is 0 Å². The highest BCUT2D eigenvalue weighted by Crippen LogP contribution is 2.09. The van der Waals surface area contributed by atoms with Crippen LogP contribution in [0.15, 0.2) is 17.5 Å². The Bertz CT molecular complexity index is 221. The molecule has 3 heteroatoms. The average Bonchev–Trinajstić information content (AvgIpc) is 2.68. The van der Waals surface area contributed by atoms with E-state index in [0.29, 0.717) is 0 Å². The van der Waals surface area contributed by atoms with Crippen molar-refractivity contribution in [3.05, 3.63) is 22.4 Å². The molecule has 0 aliphatic rings. The fraction of sp³-hybridized carbons (Fsp3) is 0.636. The molecule has 14 heavy (non-hydrogen) atoms. The molecule has 0 aromatic carbocycles. The molecule has 1 aromatic heterocycles. The second-order valence-corrected chi connectivity index (χ2v) is 5.76. The van der Waals surface area contributed by atoms with Gasteiger partial charge in [-0.1, -0.05) is 13.0 Å². The zero-order chi connectivity index (χ0) is 10.2. The molecule has 0 aliphatic heterocycles. The van der Waals surface area contributed by atoms with Crippen LogP contribution in [0.4, 0.5) is 0 Å². The summed E-state index contributed by atoms with van der Waals surface area (Å²) in [4.78, 5) is 3.92. The molecule has 0 fully saturated rings. The molecule has 0 amide bonds. The number of thiophene rings is 1. The first kappa shape index (κ1) is 12.1. The molecule has 0 bridgehead atoms. The Kier molecular flexibility index (Phi) is 6.32. The number of likely N-dealkylation sites (N-methyl/N-ethyl adjacent to an activating group) is 1. The molecule has 0 radical (unpaired) electrons. The molecule has 0 saturated carbocycles. The lowest BCUT2D eigenvalue weighted by molar-refractivity contribution is 0.361. The molecule has 0 aliphatic carbocycles. The largest absolute Gasteiger partial charge is 0.305 e. The maximum atomic E-state index is 2.42. The summed E-state index contributed by atoms with van der Waals surface area (Å²) in [6.07, 6.45) is 1.20. The van der Waals surface area contributed by atoms with Crippen LogP contribution in [-0.2, 0) is 6.42 Å². The van der Waals surface area contributed by atoms with Crippen LogP contribution in [0.25, 0.3) is 0 Å². The number of thioether (sulfide) groups is 1. The second-order valence-electron chi connectivity index (χ2n) is 3.33. The van der Waals surface area contributed by atoms with Gasteiger partial charge in [-0.25, -0.2) is 0 Å². The van der Waals surface area contributed by atoms with Gasteiger partial charge in [-0.2, -0.15) is 11.8 Å². The van der Waals surface area contributed by atoms with Crippen molar-refractivity contribution in [2.45, 2.75) is 13.3 Å². The number of hydrogen-bond donors (Lipinski definition) is 0. The first-order valence-corrected chi connectivity index (χ1v) is 7.15. The standard InChI is InChI=1S/C11H19NS2/c1-3-13-10-8-12(2)7-6-11-5-4-9-14-11/h4-5,9H,3,6-8,10H2,1-2H3. The molecule has 0 unspecified atom stereocenters. The van der Waals surface area contributed by atoms with Gasteiger partial charge in [-0.05, 0) is 30.7 Å². The lowest BCUT2D eigenvalue weighted by atomic mass is 10.3. The van der Waals surface area contributed by atoms with E-state index in [-0.39, 0.29) is 0 Å². The minimum Gasteiger partial charge on any atom is -0.305 e. The van der Waals surface area contributed by atoms with Crippen LogP contribution < -0.4 is 0 Å². The van der Waals surface area contributed by atoms with Crippen molar-refractivity contribution in [3.63, 3.8) is 0 Å². The summed E-state index contributed by atoms with van der Waals surface area (Å²) in [6.45, 7) is 4.62. The fourth-order valence-corrected chi connectivity index (χ4v) is 2.66. The summed E-state index contributed by atoms with van der Waals surface area (Å²) >= 11 is 3.88. The molecule has 1 rings (SSSR count). The quantitative estimate of drug-likeness (QED) is 0.661. The Hall–Kier alpha value is 0.01000. The van der Waals surface area contributed by atoms with Crippen LogP contribution in [0.1, 0.15) is 11.8 Å². The Morgan fingerprint density at radius 1 is 1.43 bits per heavy atom. The van der Waals surface area contributed by atoms with Crippen LogP contribution in [0.3, 0.4) is 0 Å². The molecule has 0 saturated heterocycles. The Balaban J connectivity index is 2.06. The van der Waals surface area contributed by atoms with E-state index in [1.165, 1.54) is 35.9 Å². The van der Waals surface area contributed by atoms with Gasteiger partial charge in [-0.3, -0.25) is 0 Å². The zero-order valence-corrected chi connectivity index (χ0v) is 10.7. The van der Waals surface area contributed by atoms with E-state index in [1.807, 2.05) is 23.1 Å². The molecule has 1 aromatic rings. The van der Waals surface area contributed by atoms with Gasteiger partial charge in [0.25, 0.3) is 0 Å². The van der Waals surface area contributed by atoms with Crippen LogP contribution in [0.2, 0.25) is 0 Å². The van der Waals surface area contributed by atoms with Gasteiger partial charge in [0.05, 0.1) is 0 Å². The highest BCUT2D eigenvalue weighted by molar-refractivity contribution is 7.99. The maximum Gasteiger partial charge on any atom is 0.00694 e. The molecule has 1 heterocycles. The van der Waals surface area contributed by atoms with Crippen molar-refractivity contribution < 1.29 is 0 Å². The van der Waals surface area contributed by atoms with E-state index < -0.39 is 0 Å².